The second-order valence-corrected chi connectivity index (χ2v) is 6.25. The van der Waals surface area contributed by atoms with E-state index in [1.165, 1.54) is 0 Å². The minimum Gasteiger partial charge on any atom is -0.493 e. The van der Waals surface area contributed by atoms with Gasteiger partial charge < -0.3 is 20.5 Å². The lowest BCUT2D eigenvalue weighted by Crippen LogP contribution is -2.10. The van der Waals surface area contributed by atoms with Gasteiger partial charge in [-0.1, -0.05) is 0 Å². The summed E-state index contributed by atoms with van der Waals surface area (Å²) in [7, 11) is 3.21. The van der Waals surface area contributed by atoms with Crippen LogP contribution in [0.25, 0.3) is 16.9 Å². The molecule has 29 heavy (non-hydrogen) atoms. The number of benzene rings is 2. The maximum absolute atomic E-state index is 11.2. The van der Waals surface area contributed by atoms with Gasteiger partial charge in [0, 0.05) is 29.2 Å². The van der Waals surface area contributed by atoms with Crippen LogP contribution in [0.5, 0.6) is 11.5 Å². The van der Waals surface area contributed by atoms with E-state index in [1.54, 1.807) is 50.9 Å². The van der Waals surface area contributed by atoms with Gasteiger partial charge in [-0.2, -0.15) is 0 Å². The van der Waals surface area contributed by atoms with E-state index >= 15 is 0 Å². The summed E-state index contributed by atoms with van der Waals surface area (Å²) in [6, 6.07) is 12.6. The Balaban J connectivity index is 1.71. The molecule has 0 unspecified atom stereocenters. The lowest BCUT2D eigenvalue weighted by molar-refractivity contribution is 0.100. The van der Waals surface area contributed by atoms with Crippen LogP contribution in [0.2, 0.25) is 0 Å². The number of carbonyl (C=O) groups excluding carboxylic acids is 1. The van der Waals surface area contributed by atoms with Gasteiger partial charge in [-0.15, -0.1) is 0 Å². The maximum atomic E-state index is 11.2. The molecule has 2 heterocycles. The van der Waals surface area contributed by atoms with Crippen molar-refractivity contribution in [1.29, 1.82) is 0 Å². The van der Waals surface area contributed by atoms with Gasteiger partial charge in [-0.05, 0) is 42.5 Å². The van der Waals surface area contributed by atoms with E-state index in [-0.39, 0.29) is 0 Å². The molecule has 2 aromatic heterocycles. The number of primary amides is 1. The smallest absolute Gasteiger partial charge is 0.248 e. The highest BCUT2D eigenvalue weighted by molar-refractivity contribution is 5.93. The van der Waals surface area contributed by atoms with Crippen LogP contribution in [0.1, 0.15) is 10.4 Å². The molecular formula is C21H19N5O3. The van der Waals surface area contributed by atoms with Crippen molar-refractivity contribution in [2.24, 2.45) is 5.73 Å². The summed E-state index contributed by atoms with van der Waals surface area (Å²) in [6.07, 6.45) is 5.31. The van der Waals surface area contributed by atoms with Crippen LogP contribution in [0.4, 0.5) is 11.5 Å². The Morgan fingerprint density at radius 2 is 1.79 bits per heavy atom. The lowest BCUT2D eigenvalue weighted by atomic mass is 10.1. The first-order chi connectivity index (χ1) is 14.1. The number of fused-ring (bicyclic) bond motifs is 1. The van der Waals surface area contributed by atoms with Crippen molar-refractivity contribution in [3.63, 3.8) is 0 Å². The summed E-state index contributed by atoms with van der Waals surface area (Å²) in [5.74, 6) is 1.42. The molecule has 4 aromatic rings. The number of nitrogens with two attached hydrogens (primary N) is 1. The second kappa shape index (κ2) is 7.51. The largest absolute Gasteiger partial charge is 0.493 e. The van der Waals surface area contributed by atoms with E-state index < -0.39 is 5.91 Å². The summed E-state index contributed by atoms with van der Waals surface area (Å²) in [5, 5.41) is 3.23. The van der Waals surface area contributed by atoms with Crippen molar-refractivity contribution >= 4 is 23.1 Å². The fourth-order valence-corrected chi connectivity index (χ4v) is 3.07. The van der Waals surface area contributed by atoms with E-state index in [0.717, 1.165) is 16.9 Å². The third kappa shape index (κ3) is 3.43. The third-order valence-electron chi connectivity index (χ3n) is 4.54. The third-order valence-corrected chi connectivity index (χ3v) is 4.54. The average molecular weight is 389 g/mol. The first-order valence-corrected chi connectivity index (χ1v) is 8.82. The van der Waals surface area contributed by atoms with Gasteiger partial charge in [0.05, 0.1) is 26.1 Å². The van der Waals surface area contributed by atoms with Gasteiger partial charge in [-0.25, -0.2) is 9.97 Å². The number of nitrogens with zero attached hydrogens (tertiary/aromatic N) is 3. The van der Waals surface area contributed by atoms with E-state index in [1.807, 2.05) is 28.8 Å². The van der Waals surface area contributed by atoms with E-state index in [4.69, 9.17) is 15.2 Å². The predicted octanol–water partition coefficient (Wildman–Crippen LogP) is 3.26. The Hall–Kier alpha value is -4.07. The number of carbonyl (C=O) groups is 1. The Morgan fingerprint density at radius 3 is 2.48 bits per heavy atom. The SMILES string of the molecule is COc1ccc(-c2cnc3c(Nc4ccc(C(N)=O)cc4)nccn23)cc1OC. The molecule has 2 aromatic carbocycles. The predicted molar refractivity (Wildman–Crippen MR) is 110 cm³/mol. The van der Waals surface area contributed by atoms with Crippen molar-refractivity contribution in [1.82, 2.24) is 14.4 Å². The van der Waals surface area contributed by atoms with Crippen LogP contribution in [0.15, 0.2) is 61.1 Å². The Labute approximate surface area is 166 Å². The quantitative estimate of drug-likeness (QED) is 0.525. The number of ether oxygens (including phenoxy) is 2. The van der Waals surface area contributed by atoms with Crippen molar-refractivity contribution in [2.45, 2.75) is 0 Å². The zero-order valence-electron chi connectivity index (χ0n) is 15.9. The molecule has 0 saturated carbocycles. The molecule has 0 aliphatic heterocycles. The van der Waals surface area contributed by atoms with Crippen LogP contribution < -0.4 is 20.5 Å². The first-order valence-electron chi connectivity index (χ1n) is 8.82. The molecular weight excluding hydrogens is 370 g/mol. The zero-order chi connectivity index (χ0) is 20.4. The van der Waals surface area contributed by atoms with Crippen molar-refractivity contribution in [2.75, 3.05) is 19.5 Å². The number of hydrogen-bond donors (Lipinski definition) is 2. The summed E-state index contributed by atoms with van der Waals surface area (Å²) < 4.78 is 12.7. The molecule has 8 heteroatoms. The van der Waals surface area contributed by atoms with Crippen molar-refractivity contribution < 1.29 is 14.3 Å². The minimum absolute atomic E-state index is 0.443. The van der Waals surface area contributed by atoms with Gasteiger partial charge in [0.2, 0.25) is 5.91 Å². The van der Waals surface area contributed by atoms with Gasteiger partial charge in [0.15, 0.2) is 23.0 Å². The number of rotatable bonds is 6. The topological polar surface area (TPSA) is 104 Å². The normalized spacial score (nSPS) is 10.7. The molecule has 0 aliphatic rings. The fraction of sp³-hybridized carbons (Fsp3) is 0.0952. The number of anilines is 2. The number of methoxy groups -OCH3 is 2. The Morgan fingerprint density at radius 1 is 1.03 bits per heavy atom. The molecule has 146 valence electrons. The molecule has 0 fully saturated rings. The first kappa shape index (κ1) is 18.3. The summed E-state index contributed by atoms with van der Waals surface area (Å²) >= 11 is 0. The lowest BCUT2D eigenvalue weighted by Gasteiger charge is -2.10. The highest BCUT2D eigenvalue weighted by atomic mass is 16.5. The molecule has 0 radical (unpaired) electrons. The second-order valence-electron chi connectivity index (χ2n) is 6.25. The van der Waals surface area contributed by atoms with Gasteiger partial charge in [0.25, 0.3) is 0 Å². The molecule has 0 spiro atoms. The maximum Gasteiger partial charge on any atom is 0.248 e. The van der Waals surface area contributed by atoms with Gasteiger partial charge in [0.1, 0.15) is 0 Å². The van der Waals surface area contributed by atoms with Crippen LogP contribution >= 0.6 is 0 Å². The van der Waals surface area contributed by atoms with Crippen LogP contribution in [-0.2, 0) is 0 Å². The van der Waals surface area contributed by atoms with E-state index in [0.29, 0.717) is 28.5 Å². The molecule has 0 bridgehead atoms. The number of amides is 1. The molecule has 8 nitrogen and oxygen atoms in total. The van der Waals surface area contributed by atoms with E-state index in [2.05, 4.69) is 15.3 Å². The van der Waals surface area contributed by atoms with Crippen LogP contribution in [0.3, 0.4) is 0 Å². The number of imidazole rings is 1. The number of hydrogen-bond acceptors (Lipinski definition) is 6. The standard InChI is InChI=1S/C21H19N5O3/c1-28-17-8-5-14(11-18(17)29-2)16-12-24-21-20(23-9-10-26(16)21)25-15-6-3-13(4-7-15)19(22)27/h3-12H,1-2H3,(H2,22,27)(H,23,25). The molecule has 0 atom stereocenters. The molecule has 0 aliphatic carbocycles. The summed E-state index contributed by atoms with van der Waals surface area (Å²) in [6.45, 7) is 0. The van der Waals surface area contributed by atoms with Crippen molar-refractivity contribution in [3.05, 3.63) is 66.6 Å². The summed E-state index contributed by atoms with van der Waals surface area (Å²) in [5.41, 5.74) is 8.98. The van der Waals surface area contributed by atoms with Crippen LogP contribution in [-0.4, -0.2) is 34.5 Å². The summed E-state index contributed by atoms with van der Waals surface area (Å²) in [4.78, 5) is 20.2. The molecule has 1 amide bonds. The molecule has 4 rings (SSSR count). The highest BCUT2D eigenvalue weighted by Gasteiger charge is 2.13. The molecule has 0 saturated heterocycles. The van der Waals surface area contributed by atoms with Crippen molar-refractivity contribution in [3.8, 4) is 22.8 Å². The minimum atomic E-state index is -0.468. The highest BCUT2D eigenvalue weighted by Crippen LogP contribution is 2.33. The zero-order valence-corrected chi connectivity index (χ0v) is 15.9. The Kier molecular flexibility index (Phi) is 4.74. The van der Waals surface area contributed by atoms with Gasteiger partial charge >= 0.3 is 0 Å². The average Bonchev–Trinajstić information content (AvgIpc) is 3.19. The fourth-order valence-electron chi connectivity index (χ4n) is 3.07. The number of aromatic nitrogens is 3. The number of nitrogens with one attached hydrogen (secondary N) is 1. The van der Waals surface area contributed by atoms with Gasteiger partial charge in [-0.3, -0.25) is 9.20 Å². The molecule has 3 N–H and O–H groups in total. The Bertz CT molecular complexity index is 1180. The van der Waals surface area contributed by atoms with E-state index in [9.17, 15) is 4.79 Å². The monoisotopic (exact) mass is 389 g/mol. The van der Waals surface area contributed by atoms with Crippen LogP contribution in [0, 0.1) is 0 Å².